The Morgan fingerprint density at radius 2 is 2.12 bits per heavy atom. The standard InChI is InChI=1S/C14H19N3/c1-11-5-4-6-13(7-11)10-17-12(2)16-9-14(17)8-15-3/h4-7,9,15H,8,10H2,1-3H3. The minimum absolute atomic E-state index is 0.854. The number of rotatable bonds is 4. The van der Waals surface area contributed by atoms with Crippen LogP contribution in [0.25, 0.3) is 0 Å². The van der Waals surface area contributed by atoms with E-state index in [2.05, 4.69) is 53.0 Å². The predicted octanol–water partition coefficient (Wildman–Crippen LogP) is 2.27. The lowest BCUT2D eigenvalue weighted by Crippen LogP contribution is -2.13. The van der Waals surface area contributed by atoms with Crippen molar-refractivity contribution in [3.63, 3.8) is 0 Å². The van der Waals surface area contributed by atoms with Crippen LogP contribution < -0.4 is 5.32 Å². The second-order valence-corrected chi connectivity index (χ2v) is 4.40. The summed E-state index contributed by atoms with van der Waals surface area (Å²) in [5.41, 5.74) is 3.85. The molecule has 1 heterocycles. The van der Waals surface area contributed by atoms with Crippen LogP contribution in [0.1, 0.15) is 22.6 Å². The molecule has 0 atom stereocenters. The van der Waals surface area contributed by atoms with E-state index in [4.69, 9.17) is 0 Å². The van der Waals surface area contributed by atoms with Crippen LogP contribution in [0.15, 0.2) is 30.5 Å². The molecule has 0 amide bonds. The Bertz CT molecular complexity index is 500. The molecule has 0 saturated carbocycles. The zero-order valence-corrected chi connectivity index (χ0v) is 10.7. The molecule has 1 aromatic heterocycles. The number of nitrogens with zero attached hydrogens (tertiary/aromatic N) is 2. The van der Waals surface area contributed by atoms with Gasteiger partial charge in [0.25, 0.3) is 0 Å². The number of hydrogen-bond donors (Lipinski definition) is 1. The summed E-state index contributed by atoms with van der Waals surface area (Å²) in [7, 11) is 1.96. The van der Waals surface area contributed by atoms with Crippen molar-refractivity contribution in [1.29, 1.82) is 0 Å². The highest BCUT2D eigenvalue weighted by Crippen LogP contribution is 2.11. The van der Waals surface area contributed by atoms with E-state index in [1.54, 1.807) is 0 Å². The van der Waals surface area contributed by atoms with E-state index < -0.39 is 0 Å². The third kappa shape index (κ3) is 2.74. The molecule has 17 heavy (non-hydrogen) atoms. The number of imidazole rings is 1. The van der Waals surface area contributed by atoms with Crippen molar-refractivity contribution in [3.05, 3.63) is 53.1 Å². The lowest BCUT2D eigenvalue weighted by molar-refractivity contribution is 0.676. The van der Waals surface area contributed by atoms with Crippen molar-refractivity contribution in [1.82, 2.24) is 14.9 Å². The monoisotopic (exact) mass is 229 g/mol. The fourth-order valence-electron chi connectivity index (χ4n) is 2.05. The predicted molar refractivity (Wildman–Crippen MR) is 70.0 cm³/mol. The average molecular weight is 229 g/mol. The molecule has 0 aliphatic heterocycles. The van der Waals surface area contributed by atoms with Gasteiger partial charge in [-0.25, -0.2) is 4.98 Å². The number of aromatic nitrogens is 2. The fourth-order valence-corrected chi connectivity index (χ4v) is 2.05. The van der Waals surface area contributed by atoms with Gasteiger partial charge in [0.2, 0.25) is 0 Å². The molecule has 0 bridgehead atoms. The molecule has 0 unspecified atom stereocenters. The van der Waals surface area contributed by atoms with Crippen LogP contribution in [0.4, 0.5) is 0 Å². The Labute approximate surface area is 103 Å². The lowest BCUT2D eigenvalue weighted by atomic mass is 10.1. The summed E-state index contributed by atoms with van der Waals surface area (Å²) in [5.74, 6) is 1.07. The maximum Gasteiger partial charge on any atom is 0.106 e. The molecule has 0 aliphatic rings. The van der Waals surface area contributed by atoms with Crippen LogP contribution in [0.3, 0.4) is 0 Å². The molecule has 0 fully saturated rings. The summed E-state index contributed by atoms with van der Waals surface area (Å²) >= 11 is 0. The summed E-state index contributed by atoms with van der Waals surface area (Å²) in [6.45, 7) is 5.92. The van der Waals surface area contributed by atoms with Crippen LogP contribution in [-0.2, 0) is 13.1 Å². The zero-order chi connectivity index (χ0) is 12.3. The zero-order valence-electron chi connectivity index (χ0n) is 10.7. The van der Waals surface area contributed by atoms with Crippen molar-refractivity contribution in [2.75, 3.05) is 7.05 Å². The van der Waals surface area contributed by atoms with Gasteiger partial charge in [0, 0.05) is 19.3 Å². The molecule has 90 valence electrons. The van der Waals surface area contributed by atoms with E-state index in [-0.39, 0.29) is 0 Å². The smallest absolute Gasteiger partial charge is 0.106 e. The van der Waals surface area contributed by atoms with Gasteiger partial charge >= 0.3 is 0 Å². The second-order valence-electron chi connectivity index (χ2n) is 4.40. The SMILES string of the molecule is CNCc1cnc(C)n1Cc1cccc(C)c1. The van der Waals surface area contributed by atoms with Crippen LogP contribution >= 0.6 is 0 Å². The van der Waals surface area contributed by atoms with E-state index in [9.17, 15) is 0 Å². The van der Waals surface area contributed by atoms with E-state index in [0.29, 0.717) is 0 Å². The van der Waals surface area contributed by atoms with Crippen molar-refractivity contribution in [2.45, 2.75) is 26.9 Å². The molecule has 1 aromatic carbocycles. The van der Waals surface area contributed by atoms with Gasteiger partial charge in [0.05, 0.1) is 5.69 Å². The van der Waals surface area contributed by atoms with Gasteiger partial charge in [0.1, 0.15) is 5.82 Å². The highest BCUT2D eigenvalue weighted by atomic mass is 15.1. The first kappa shape index (κ1) is 11.9. The van der Waals surface area contributed by atoms with Crippen molar-refractivity contribution < 1.29 is 0 Å². The minimum Gasteiger partial charge on any atom is -0.327 e. The van der Waals surface area contributed by atoms with Gasteiger partial charge in [-0.05, 0) is 26.5 Å². The molecule has 2 aromatic rings. The summed E-state index contributed by atoms with van der Waals surface area (Å²) in [6.07, 6.45) is 1.95. The summed E-state index contributed by atoms with van der Waals surface area (Å²) in [5, 5.41) is 3.17. The molecule has 0 radical (unpaired) electrons. The maximum atomic E-state index is 4.38. The van der Waals surface area contributed by atoms with Gasteiger partial charge in [-0.3, -0.25) is 0 Å². The van der Waals surface area contributed by atoms with Crippen molar-refractivity contribution in [2.24, 2.45) is 0 Å². The first-order valence-electron chi connectivity index (χ1n) is 5.92. The van der Waals surface area contributed by atoms with Crippen LogP contribution in [0.5, 0.6) is 0 Å². The number of hydrogen-bond acceptors (Lipinski definition) is 2. The Balaban J connectivity index is 2.26. The summed E-state index contributed by atoms with van der Waals surface area (Å²) in [6, 6.07) is 8.62. The fraction of sp³-hybridized carbons (Fsp3) is 0.357. The van der Waals surface area contributed by atoms with Crippen LogP contribution in [-0.4, -0.2) is 16.6 Å². The number of benzene rings is 1. The van der Waals surface area contributed by atoms with Crippen molar-refractivity contribution in [3.8, 4) is 0 Å². The van der Waals surface area contributed by atoms with E-state index in [0.717, 1.165) is 18.9 Å². The summed E-state index contributed by atoms with van der Waals surface area (Å²) in [4.78, 5) is 4.38. The lowest BCUT2D eigenvalue weighted by Gasteiger charge is -2.10. The normalized spacial score (nSPS) is 10.8. The Morgan fingerprint density at radius 3 is 2.82 bits per heavy atom. The number of aryl methyl sites for hydroxylation is 2. The van der Waals surface area contributed by atoms with Gasteiger partial charge in [0.15, 0.2) is 0 Å². The van der Waals surface area contributed by atoms with E-state index in [1.807, 2.05) is 13.2 Å². The molecule has 3 heteroatoms. The first-order chi connectivity index (χ1) is 8.20. The molecule has 2 rings (SSSR count). The highest BCUT2D eigenvalue weighted by Gasteiger charge is 2.06. The minimum atomic E-state index is 0.854. The van der Waals surface area contributed by atoms with Crippen LogP contribution in [0, 0.1) is 13.8 Å². The Hall–Kier alpha value is -1.61. The molecule has 0 spiro atoms. The molecule has 0 aliphatic carbocycles. The molecule has 1 N–H and O–H groups in total. The van der Waals surface area contributed by atoms with Gasteiger partial charge in [-0.2, -0.15) is 0 Å². The molecular formula is C14H19N3. The van der Waals surface area contributed by atoms with Gasteiger partial charge < -0.3 is 9.88 Å². The first-order valence-corrected chi connectivity index (χ1v) is 5.92. The van der Waals surface area contributed by atoms with Gasteiger partial charge in [-0.15, -0.1) is 0 Å². The third-order valence-electron chi connectivity index (χ3n) is 2.92. The van der Waals surface area contributed by atoms with Gasteiger partial charge in [-0.1, -0.05) is 29.8 Å². The van der Waals surface area contributed by atoms with Crippen LogP contribution in [0.2, 0.25) is 0 Å². The maximum absolute atomic E-state index is 4.38. The number of nitrogens with one attached hydrogen (secondary N) is 1. The quantitative estimate of drug-likeness (QED) is 0.871. The third-order valence-corrected chi connectivity index (χ3v) is 2.92. The molecule has 0 saturated heterocycles. The molecular weight excluding hydrogens is 210 g/mol. The molecule has 3 nitrogen and oxygen atoms in total. The van der Waals surface area contributed by atoms with E-state index in [1.165, 1.54) is 16.8 Å². The van der Waals surface area contributed by atoms with E-state index >= 15 is 0 Å². The highest BCUT2D eigenvalue weighted by molar-refractivity contribution is 5.23. The Morgan fingerprint density at radius 1 is 1.29 bits per heavy atom. The summed E-state index contributed by atoms with van der Waals surface area (Å²) < 4.78 is 2.26. The second kappa shape index (κ2) is 5.15. The van der Waals surface area contributed by atoms with Crippen molar-refractivity contribution >= 4 is 0 Å². The largest absolute Gasteiger partial charge is 0.327 e. The topological polar surface area (TPSA) is 29.9 Å². The Kier molecular flexibility index (Phi) is 3.59. The average Bonchev–Trinajstić information content (AvgIpc) is 2.62.